The highest BCUT2D eigenvalue weighted by molar-refractivity contribution is 7.09. The second-order valence-corrected chi connectivity index (χ2v) is 5.52. The average molecular weight is 287 g/mol. The Morgan fingerprint density at radius 3 is 3.00 bits per heavy atom. The molecular weight excluding hydrogens is 274 g/mol. The Morgan fingerprint density at radius 1 is 1.45 bits per heavy atom. The summed E-state index contributed by atoms with van der Waals surface area (Å²) in [7, 11) is 0. The summed E-state index contributed by atoms with van der Waals surface area (Å²) < 4.78 is 2.03. The van der Waals surface area contributed by atoms with Gasteiger partial charge in [0.05, 0.1) is 27.9 Å². The Kier molecular flexibility index (Phi) is 3.23. The molecule has 0 atom stereocenters. The highest BCUT2D eigenvalue weighted by Crippen LogP contribution is 2.17. The van der Waals surface area contributed by atoms with Crippen molar-refractivity contribution < 1.29 is 9.90 Å². The number of aromatic carboxylic acids is 1. The Hall–Kier alpha value is -2.21. The number of fused-ring (bicyclic) bond motifs is 1. The number of rotatable bonds is 4. The topological polar surface area (TPSA) is 68.0 Å². The molecule has 3 aromatic rings. The van der Waals surface area contributed by atoms with Crippen LogP contribution in [0.5, 0.6) is 0 Å². The van der Waals surface area contributed by atoms with Crippen molar-refractivity contribution >= 4 is 28.3 Å². The third kappa shape index (κ3) is 2.42. The van der Waals surface area contributed by atoms with Crippen LogP contribution in [-0.2, 0) is 13.0 Å². The number of carboxylic acids is 1. The fourth-order valence-corrected chi connectivity index (χ4v) is 2.87. The van der Waals surface area contributed by atoms with Crippen molar-refractivity contribution in [2.45, 2.75) is 19.9 Å². The third-order valence-corrected chi connectivity index (χ3v) is 4.13. The number of nitrogens with zero attached hydrogens (tertiary/aromatic N) is 3. The van der Waals surface area contributed by atoms with Crippen LogP contribution in [0.4, 0.5) is 0 Å². The third-order valence-electron chi connectivity index (χ3n) is 3.10. The van der Waals surface area contributed by atoms with Crippen LogP contribution in [-0.4, -0.2) is 25.6 Å². The molecular formula is C14H13N3O2S. The maximum atomic E-state index is 10.9. The first kappa shape index (κ1) is 12.8. The molecule has 0 unspecified atom stereocenters. The van der Waals surface area contributed by atoms with Crippen LogP contribution in [0.25, 0.3) is 11.0 Å². The molecule has 0 aliphatic heterocycles. The summed E-state index contributed by atoms with van der Waals surface area (Å²) in [6, 6.07) is 5.01. The standard InChI is InChI=1S/C14H13N3O2S/c1-9-7-20-13(16-9)4-5-17-8-15-11-6-10(14(18)19)2-3-12(11)17/h2-3,6-8H,4-5H2,1H3,(H,18,19). The molecule has 102 valence electrons. The summed E-state index contributed by atoms with van der Waals surface area (Å²) in [5.41, 5.74) is 2.97. The quantitative estimate of drug-likeness (QED) is 0.801. The molecule has 0 radical (unpaired) electrons. The molecule has 20 heavy (non-hydrogen) atoms. The van der Waals surface area contributed by atoms with Gasteiger partial charge in [0.1, 0.15) is 0 Å². The number of benzene rings is 1. The first-order valence-corrected chi connectivity index (χ1v) is 7.10. The van der Waals surface area contributed by atoms with Gasteiger partial charge in [-0.05, 0) is 25.1 Å². The summed E-state index contributed by atoms with van der Waals surface area (Å²) in [5, 5.41) is 12.1. The second-order valence-electron chi connectivity index (χ2n) is 4.58. The number of aryl methyl sites for hydroxylation is 3. The summed E-state index contributed by atoms with van der Waals surface area (Å²) in [5.74, 6) is -0.931. The molecule has 5 nitrogen and oxygen atoms in total. The fourth-order valence-electron chi connectivity index (χ4n) is 2.11. The molecule has 3 rings (SSSR count). The Balaban J connectivity index is 1.83. The smallest absolute Gasteiger partial charge is 0.335 e. The first-order chi connectivity index (χ1) is 9.63. The van der Waals surface area contributed by atoms with E-state index in [1.54, 1.807) is 35.9 Å². The minimum Gasteiger partial charge on any atom is -0.478 e. The van der Waals surface area contributed by atoms with Gasteiger partial charge in [-0.15, -0.1) is 11.3 Å². The molecule has 0 fully saturated rings. The zero-order valence-corrected chi connectivity index (χ0v) is 11.7. The molecule has 0 spiro atoms. The summed E-state index contributed by atoms with van der Waals surface area (Å²) >= 11 is 1.66. The first-order valence-electron chi connectivity index (χ1n) is 6.22. The van der Waals surface area contributed by atoms with Gasteiger partial charge in [-0.2, -0.15) is 0 Å². The van der Waals surface area contributed by atoms with Gasteiger partial charge in [0, 0.05) is 24.0 Å². The molecule has 1 N–H and O–H groups in total. The van der Waals surface area contributed by atoms with Crippen molar-refractivity contribution in [2.24, 2.45) is 0 Å². The van der Waals surface area contributed by atoms with Gasteiger partial charge in [-0.25, -0.2) is 14.8 Å². The number of hydrogen-bond donors (Lipinski definition) is 1. The summed E-state index contributed by atoms with van der Waals surface area (Å²) in [6.07, 6.45) is 2.60. The van der Waals surface area contributed by atoms with Crippen molar-refractivity contribution in [1.29, 1.82) is 0 Å². The van der Waals surface area contributed by atoms with Crippen LogP contribution in [0.1, 0.15) is 21.1 Å². The number of hydrogen-bond acceptors (Lipinski definition) is 4. The van der Waals surface area contributed by atoms with Crippen LogP contribution in [0, 0.1) is 6.92 Å². The lowest BCUT2D eigenvalue weighted by molar-refractivity contribution is 0.0697. The van der Waals surface area contributed by atoms with E-state index in [9.17, 15) is 4.79 Å². The highest BCUT2D eigenvalue weighted by atomic mass is 32.1. The van der Waals surface area contributed by atoms with E-state index < -0.39 is 5.97 Å². The predicted octanol–water partition coefficient (Wildman–Crippen LogP) is 2.74. The minimum atomic E-state index is -0.931. The Morgan fingerprint density at radius 2 is 2.30 bits per heavy atom. The van der Waals surface area contributed by atoms with Gasteiger partial charge in [-0.1, -0.05) is 0 Å². The lowest BCUT2D eigenvalue weighted by Gasteiger charge is -2.02. The maximum absolute atomic E-state index is 10.9. The van der Waals surface area contributed by atoms with E-state index in [2.05, 4.69) is 9.97 Å². The van der Waals surface area contributed by atoms with Gasteiger partial charge in [0.25, 0.3) is 0 Å². The second kappa shape index (κ2) is 5.05. The average Bonchev–Trinajstić information content (AvgIpc) is 3.02. The lowest BCUT2D eigenvalue weighted by atomic mass is 10.2. The van der Waals surface area contributed by atoms with Crippen molar-refractivity contribution in [3.8, 4) is 0 Å². The molecule has 2 aromatic heterocycles. The lowest BCUT2D eigenvalue weighted by Crippen LogP contribution is -2.00. The molecule has 1 aromatic carbocycles. The molecule has 0 amide bonds. The van der Waals surface area contributed by atoms with Crippen molar-refractivity contribution in [2.75, 3.05) is 0 Å². The van der Waals surface area contributed by atoms with Crippen molar-refractivity contribution in [3.63, 3.8) is 0 Å². The number of carboxylic acid groups (broad SMARTS) is 1. The summed E-state index contributed by atoms with van der Waals surface area (Å²) in [6.45, 7) is 2.77. The molecule has 0 saturated carbocycles. The van der Waals surface area contributed by atoms with E-state index in [1.807, 2.05) is 16.9 Å². The van der Waals surface area contributed by atoms with E-state index in [1.165, 1.54) is 0 Å². The largest absolute Gasteiger partial charge is 0.478 e. The molecule has 0 saturated heterocycles. The van der Waals surface area contributed by atoms with Gasteiger partial charge in [-0.3, -0.25) is 0 Å². The molecule has 6 heteroatoms. The van der Waals surface area contributed by atoms with Crippen molar-refractivity contribution in [3.05, 3.63) is 46.2 Å². The summed E-state index contributed by atoms with van der Waals surface area (Å²) in [4.78, 5) is 19.6. The van der Waals surface area contributed by atoms with Crippen LogP contribution in [0.2, 0.25) is 0 Å². The molecule has 2 heterocycles. The van der Waals surface area contributed by atoms with Crippen LogP contribution in [0.3, 0.4) is 0 Å². The SMILES string of the molecule is Cc1csc(CCn2cnc3cc(C(=O)O)ccc32)n1. The molecule has 0 aliphatic rings. The predicted molar refractivity (Wildman–Crippen MR) is 77.2 cm³/mol. The van der Waals surface area contributed by atoms with Gasteiger partial charge in [0.2, 0.25) is 0 Å². The van der Waals surface area contributed by atoms with E-state index in [0.717, 1.165) is 29.2 Å². The van der Waals surface area contributed by atoms with E-state index in [0.29, 0.717) is 5.52 Å². The van der Waals surface area contributed by atoms with Gasteiger partial charge in [0.15, 0.2) is 0 Å². The van der Waals surface area contributed by atoms with Crippen LogP contribution < -0.4 is 0 Å². The van der Waals surface area contributed by atoms with E-state index in [-0.39, 0.29) is 5.56 Å². The van der Waals surface area contributed by atoms with Gasteiger partial charge < -0.3 is 9.67 Å². The van der Waals surface area contributed by atoms with E-state index in [4.69, 9.17) is 5.11 Å². The van der Waals surface area contributed by atoms with Crippen molar-refractivity contribution in [1.82, 2.24) is 14.5 Å². The number of imidazole rings is 1. The maximum Gasteiger partial charge on any atom is 0.335 e. The normalized spacial score (nSPS) is 11.1. The Labute approximate surface area is 119 Å². The number of carbonyl (C=O) groups is 1. The number of aromatic nitrogens is 3. The van der Waals surface area contributed by atoms with Crippen LogP contribution in [0.15, 0.2) is 29.9 Å². The number of thiazole rings is 1. The van der Waals surface area contributed by atoms with Gasteiger partial charge >= 0.3 is 5.97 Å². The zero-order chi connectivity index (χ0) is 14.1. The zero-order valence-electron chi connectivity index (χ0n) is 10.9. The molecule has 0 aliphatic carbocycles. The Bertz CT molecular complexity index is 776. The molecule has 0 bridgehead atoms. The highest BCUT2D eigenvalue weighted by Gasteiger charge is 2.08. The van der Waals surface area contributed by atoms with Crippen LogP contribution >= 0.6 is 11.3 Å². The minimum absolute atomic E-state index is 0.262. The fraction of sp³-hybridized carbons (Fsp3) is 0.214. The van der Waals surface area contributed by atoms with E-state index >= 15 is 0 Å². The monoisotopic (exact) mass is 287 g/mol.